The number of rotatable bonds is 7. The van der Waals surface area contributed by atoms with Crippen molar-refractivity contribution in [3.63, 3.8) is 0 Å². The van der Waals surface area contributed by atoms with E-state index in [0.717, 1.165) is 26.2 Å². The highest BCUT2D eigenvalue weighted by Crippen LogP contribution is 2.17. The molecule has 0 fully saturated rings. The summed E-state index contributed by atoms with van der Waals surface area (Å²) in [7, 11) is 0. The molecule has 0 heterocycles. The monoisotopic (exact) mass is 246 g/mol. The van der Waals surface area contributed by atoms with Crippen molar-refractivity contribution >= 4 is 11.6 Å². The lowest BCUT2D eigenvalue weighted by atomic mass is 10.2. The van der Waals surface area contributed by atoms with Gasteiger partial charge in [-0.1, -0.05) is 17.7 Å². The molecule has 16 heavy (non-hydrogen) atoms. The minimum atomic E-state index is -0.228. The Bertz CT molecular complexity index is 300. The maximum atomic E-state index is 13.4. The van der Waals surface area contributed by atoms with E-state index in [9.17, 15) is 4.39 Å². The Morgan fingerprint density at radius 1 is 1.44 bits per heavy atom. The van der Waals surface area contributed by atoms with E-state index in [0.29, 0.717) is 17.1 Å². The summed E-state index contributed by atoms with van der Waals surface area (Å²) in [5, 5.41) is 2.55. The first-order valence-electron chi connectivity index (χ1n) is 5.58. The van der Waals surface area contributed by atoms with Crippen molar-refractivity contribution < 1.29 is 14.4 Å². The number of hydrogen-bond donors (Lipinski definition) is 1. The predicted octanol–water partition coefficient (Wildman–Crippen LogP) is 1.97. The fourth-order valence-electron chi connectivity index (χ4n) is 1.45. The van der Waals surface area contributed by atoms with Gasteiger partial charge in [-0.25, -0.2) is 4.39 Å². The summed E-state index contributed by atoms with van der Waals surface area (Å²) in [4.78, 5) is 0. The highest BCUT2D eigenvalue weighted by Gasteiger charge is 2.07. The molecule has 0 amide bonds. The number of nitrogens with two attached hydrogens (primary N) is 1. The minimum Gasteiger partial charge on any atom is -0.382 e. The van der Waals surface area contributed by atoms with Crippen molar-refractivity contribution in [2.45, 2.75) is 19.9 Å². The largest absolute Gasteiger partial charge is 0.382 e. The smallest absolute Gasteiger partial charge is 0.133 e. The van der Waals surface area contributed by atoms with Crippen LogP contribution in [0.2, 0.25) is 5.02 Å². The van der Waals surface area contributed by atoms with Crippen LogP contribution in [0, 0.1) is 5.82 Å². The van der Waals surface area contributed by atoms with Crippen molar-refractivity contribution in [2.24, 2.45) is 0 Å². The predicted molar refractivity (Wildman–Crippen MR) is 63.0 cm³/mol. The molecule has 0 aliphatic rings. The number of hydrogen-bond acceptors (Lipinski definition) is 1. The van der Waals surface area contributed by atoms with Crippen LogP contribution in [0.15, 0.2) is 18.2 Å². The van der Waals surface area contributed by atoms with Gasteiger partial charge < -0.3 is 10.1 Å². The average Bonchev–Trinajstić information content (AvgIpc) is 2.26. The van der Waals surface area contributed by atoms with Crippen molar-refractivity contribution in [1.29, 1.82) is 0 Å². The van der Waals surface area contributed by atoms with Crippen LogP contribution in [0.1, 0.15) is 18.9 Å². The zero-order chi connectivity index (χ0) is 11.8. The maximum absolute atomic E-state index is 13.4. The van der Waals surface area contributed by atoms with Crippen LogP contribution in [0.4, 0.5) is 4.39 Å². The molecule has 0 aliphatic heterocycles. The maximum Gasteiger partial charge on any atom is 0.133 e. The Morgan fingerprint density at radius 2 is 2.25 bits per heavy atom. The molecule has 2 nitrogen and oxygen atoms in total. The molecule has 4 heteroatoms. The van der Waals surface area contributed by atoms with Crippen LogP contribution in [0.25, 0.3) is 0 Å². The van der Waals surface area contributed by atoms with E-state index < -0.39 is 0 Å². The van der Waals surface area contributed by atoms with Crippen LogP contribution in [0.5, 0.6) is 0 Å². The van der Waals surface area contributed by atoms with Crippen LogP contribution in [-0.2, 0) is 11.3 Å². The topological polar surface area (TPSA) is 25.8 Å². The zero-order valence-corrected chi connectivity index (χ0v) is 10.3. The van der Waals surface area contributed by atoms with Crippen LogP contribution in [0.3, 0.4) is 0 Å². The van der Waals surface area contributed by atoms with Crippen LogP contribution in [-0.4, -0.2) is 19.8 Å². The standard InChI is InChI=1S/C12H17ClFNO/c1-2-16-8-4-7-15-9-10-11(13)5-3-6-12(10)14/h3,5-6,15H,2,4,7-9H2,1H3/p+1. The molecule has 1 aromatic carbocycles. The van der Waals surface area contributed by atoms with Gasteiger partial charge in [0.15, 0.2) is 0 Å². The minimum absolute atomic E-state index is 0.228. The van der Waals surface area contributed by atoms with Gasteiger partial charge in [-0.2, -0.15) is 0 Å². The van der Waals surface area contributed by atoms with Gasteiger partial charge in [0, 0.05) is 13.0 Å². The van der Waals surface area contributed by atoms with Crippen molar-refractivity contribution in [2.75, 3.05) is 19.8 Å². The van der Waals surface area contributed by atoms with Gasteiger partial charge >= 0.3 is 0 Å². The molecule has 2 N–H and O–H groups in total. The van der Waals surface area contributed by atoms with E-state index in [1.165, 1.54) is 6.07 Å². The van der Waals surface area contributed by atoms with Gasteiger partial charge in [0.05, 0.1) is 23.7 Å². The van der Waals surface area contributed by atoms with E-state index in [1.807, 2.05) is 12.2 Å². The lowest BCUT2D eigenvalue weighted by Crippen LogP contribution is -2.82. The Kier molecular flexibility index (Phi) is 6.38. The average molecular weight is 247 g/mol. The quantitative estimate of drug-likeness (QED) is 0.732. The van der Waals surface area contributed by atoms with Gasteiger partial charge in [0.1, 0.15) is 12.4 Å². The molecule has 0 unspecified atom stereocenters. The van der Waals surface area contributed by atoms with E-state index in [4.69, 9.17) is 16.3 Å². The first kappa shape index (κ1) is 13.4. The van der Waals surface area contributed by atoms with Crippen molar-refractivity contribution in [3.8, 4) is 0 Å². The van der Waals surface area contributed by atoms with E-state index in [2.05, 4.69) is 0 Å². The number of halogens is 2. The molecule has 0 radical (unpaired) electrons. The first-order valence-corrected chi connectivity index (χ1v) is 5.95. The second kappa shape index (κ2) is 7.60. The lowest BCUT2D eigenvalue weighted by molar-refractivity contribution is -0.671. The fraction of sp³-hybridized carbons (Fsp3) is 0.500. The van der Waals surface area contributed by atoms with Gasteiger partial charge in [0.25, 0.3) is 0 Å². The summed E-state index contributed by atoms with van der Waals surface area (Å²) < 4.78 is 18.6. The van der Waals surface area contributed by atoms with Gasteiger partial charge in [-0.15, -0.1) is 0 Å². The Morgan fingerprint density at radius 3 is 2.94 bits per heavy atom. The molecule has 90 valence electrons. The van der Waals surface area contributed by atoms with Crippen LogP contribution >= 0.6 is 11.6 Å². The van der Waals surface area contributed by atoms with Gasteiger partial charge in [-0.3, -0.25) is 0 Å². The second-order valence-corrected chi connectivity index (χ2v) is 3.94. The molecule has 0 saturated carbocycles. The van der Waals surface area contributed by atoms with E-state index in [1.54, 1.807) is 12.1 Å². The lowest BCUT2D eigenvalue weighted by Gasteiger charge is -2.05. The molecule has 0 aliphatic carbocycles. The first-order chi connectivity index (χ1) is 7.75. The molecular weight excluding hydrogens is 229 g/mol. The molecule has 0 atom stereocenters. The molecular formula is C12H18ClFNO+. The Hall–Kier alpha value is -0.640. The molecule has 1 aromatic rings. The highest BCUT2D eigenvalue weighted by atomic mass is 35.5. The zero-order valence-electron chi connectivity index (χ0n) is 9.51. The number of quaternary nitrogens is 1. The van der Waals surface area contributed by atoms with Crippen molar-refractivity contribution in [3.05, 3.63) is 34.6 Å². The summed E-state index contributed by atoms with van der Waals surface area (Å²) in [5.74, 6) is -0.228. The third-order valence-corrected chi connectivity index (χ3v) is 2.67. The number of ether oxygens (including phenoxy) is 1. The molecule has 0 spiro atoms. The summed E-state index contributed by atoms with van der Waals surface area (Å²) in [6, 6.07) is 4.78. The molecule has 1 rings (SSSR count). The SMILES string of the molecule is CCOCCC[NH2+]Cc1c(F)cccc1Cl. The van der Waals surface area contributed by atoms with Gasteiger partial charge in [-0.05, 0) is 19.1 Å². The van der Waals surface area contributed by atoms with E-state index >= 15 is 0 Å². The Balaban J connectivity index is 2.26. The highest BCUT2D eigenvalue weighted by molar-refractivity contribution is 6.31. The third kappa shape index (κ3) is 4.47. The van der Waals surface area contributed by atoms with Crippen molar-refractivity contribution in [1.82, 2.24) is 0 Å². The normalized spacial score (nSPS) is 10.7. The molecule has 0 aromatic heterocycles. The summed E-state index contributed by atoms with van der Waals surface area (Å²) in [5.41, 5.74) is 0.584. The summed E-state index contributed by atoms with van der Waals surface area (Å²) in [6.45, 7) is 4.99. The Labute approximate surface area is 101 Å². The third-order valence-electron chi connectivity index (χ3n) is 2.31. The summed E-state index contributed by atoms with van der Waals surface area (Å²) >= 11 is 5.91. The molecule has 0 saturated heterocycles. The fourth-order valence-corrected chi connectivity index (χ4v) is 1.69. The van der Waals surface area contributed by atoms with Crippen LogP contribution < -0.4 is 5.32 Å². The summed E-state index contributed by atoms with van der Waals surface area (Å²) in [6.07, 6.45) is 0.972. The van der Waals surface area contributed by atoms with Gasteiger partial charge in [0.2, 0.25) is 0 Å². The number of benzene rings is 1. The second-order valence-electron chi connectivity index (χ2n) is 3.53. The van der Waals surface area contributed by atoms with E-state index in [-0.39, 0.29) is 5.82 Å². The molecule has 0 bridgehead atoms.